The summed E-state index contributed by atoms with van der Waals surface area (Å²) in [5.41, 5.74) is 0.375. The van der Waals surface area contributed by atoms with Crippen LogP contribution >= 0.6 is 0 Å². The lowest BCUT2D eigenvalue weighted by Crippen LogP contribution is -2.14. The van der Waals surface area contributed by atoms with E-state index in [1.807, 2.05) is 36.4 Å². The predicted octanol–water partition coefficient (Wildman–Crippen LogP) is 3.38. The lowest BCUT2D eigenvalue weighted by atomic mass is 10.1. The summed E-state index contributed by atoms with van der Waals surface area (Å²) in [4.78, 5) is 11.2. The van der Waals surface area contributed by atoms with Gasteiger partial charge in [0.15, 0.2) is 0 Å². The number of carbonyl (C=O) groups excluding carboxylic acids is 1. The van der Waals surface area contributed by atoms with E-state index in [0.717, 1.165) is 22.3 Å². The Bertz CT molecular complexity index is 755. The van der Waals surface area contributed by atoms with Crippen LogP contribution in [0.5, 0.6) is 11.5 Å². The normalized spacial score (nSPS) is 10.6. The molecule has 0 saturated heterocycles. The van der Waals surface area contributed by atoms with Crippen molar-refractivity contribution in [1.29, 1.82) is 0 Å². The molecule has 0 aliphatic heterocycles. The molecule has 27 heavy (non-hydrogen) atoms. The molecule has 0 bridgehead atoms. The van der Waals surface area contributed by atoms with Gasteiger partial charge in [0.1, 0.15) is 31.3 Å². The van der Waals surface area contributed by atoms with Crippen LogP contribution in [-0.2, 0) is 19.0 Å². The van der Waals surface area contributed by atoms with Crippen molar-refractivity contribution in [3.05, 3.63) is 48.6 Å². The van der Waals surface area contributed by atoms with Crippen molar-refractivity contribution in [2.75, 3.05) is 46.8 Å². The van der Waals surface area contributed by atoms with Gasteiger partial charge in [0, 0.05) is 23.5 Å². The van der Waals surface area contributed by atoms with Crippen molar-refractivity contribution < 1.29 is 28.5 Å². The van der Waals surface area contributed by atoms with E-state index in [0.29, 0.717) is 38.6 Å². The number of rotatable bonds is 12. The molecule has 0 N–H and O–H groups in total. The molecule has 0 aliphatic rings. The van der Waals surface area contributed by atoms with E-state index in [2.05, 4.69) is 6.58 Å². The first-order valence-corrected chi connectivity index (χ1v) is 8.80. The standard InChI is InChI=1S/C21H26O6/c1-16(2)21(22)27-15-12-24-11-14-26-20-9-8-19(25-13-10-23-3)17-6-4-5-7-18(17)20/h4-9H,1,10-15H2,2-3H3. The van der Waals surface area contributed by atoms with Gasteiger partial charge in [-0.05, 0) is 19.1 Å². The van der Waals surface area contributed by atoms with Gasteiger partial charge in [-0.25, -0.2) is 4.79 Å². The minimum atomic E-state index is -0.408. The molecular formula is C21H26O6. The lowest BCUT2D eigenvalue weighted by Gasteiger charge is -2.13. The molecule has 2 rings (SSSR count). The lowest BCUT2D eigenvalue weighted by molar-refractivity contribution is -0.140. The van der Waals surface area contributed by atoms with Gasteiger partial charge in [-0.3, -0.25) is 0 Å². The van der Waals surface area contributed by atoms with Gasteiger partial charge in [0.2, 0.25) is 0 Å². The molecule has 0 aromatic heterocycles. The number of fused-ring (bicyclic) bond motifs is 1. The molecule has 0 radical (unpaired) electrons. The molecule has 0 heterocycles. The number of hydrogen-bond acceptors (Lipinski definition) is 6. The van der Waals surface area contributed by atoms with Crippen LogP contribution in [0, 0.1) is 0 Å². The molecule has 0 atom stereocenters. The van der Waals surface area contributed by atoms with Crippen molar-refractivity contribution in [2.24, 2.45) is 0 Å². The highest BCUT2D eigenvalue weighted by Crippen LogP contribution is 2.33. The van der Waals surface area contributed by atoms with Gasteiger partial charge in [0.05, 0.1) is 19.8 Å². The van der Waals surface area contributed by atoms with Crippen LogP contribution in [0.4, 0.5) is 0 Å². The molecule has 146 valence electrons. The van der Waals surface area contributed by atoms with E-state index in [1.54, 1.807) is 14.0 Å². The fraction of sp³-hybridized carbons (Fsp3) is 0.381. The van der Waals surface area contributed by atoms with Crippen molar-refractivity contribution >= 4 is 16.7 Å². The SMILES string of the molecule is C=C(C)C(=O)OCCOCCOc1ccc(OCCOC)c2ccccc12. The zero-order valence-corrected chi connectivity index (χ0v) is 15.9. The maximum absolute atomic E-state index is 11.2. The van der Waals surface area contributed by atoms with Crippen molar-refractivity contribution in [3.63, 3.8) is 0 Å². The maximum atomic E-state index is 11.2. The highest BCUT2D eigenvalue weighted by atomic mass is 16.6. The van der Waals surface area contributed by atoms with Crippen LogP contribution in [0.3, 0.4) is 0 Å². The third-order valence-corrected chi connectivity index (χ3v) is 3.68. The Labute approximate surface area is 159 Å². The fourth-order valence-electron chi connectivity index (χ4n) is 2.36. The van der Waals surface area contributed by atoms with Crippen molar-refractivity contribution in [2.45, 2.75) is 6.92 Å². The average molecular weight is 374 g/mol. The third kappa shape index (κ3) is 6.58. The second-order valence-corrected chi connectivity index (χ2v) is 5.83. The summed E-state index contributed by atoms with van der Waals surface area (Å²) in [6.45, 7) is 7.45. The molecule has 0 amide bonds. The van der Waals surface area contributed by atoms with Crippen LogP contribution in [0.2, 0.25) is 0 Å². The Kier molecular flexibility index (Phi) is 8.61. The highest BCUT2D eigenvalue weighted by molar-refractivity contribution is 5.93. The van der Waals surface area contributed by atoms with Crippen LogP contribution in [0.1, 0.15) is 6.92 Å². The molecule has 0 fully saturated rings. The average Bonchev–Trinajstić information content (AvgIpc) is 2.68. The Balaban J connectivity index is 1.82. The summed E-state index contributed by atoms with van der Waals surface area (Å²) in [6, 6.07) is 11.7. The van der Waals surface area contributed by atoms with Crippen LogP contribution < -0.4 is 9.47 Å². The van der Waals surface area contributed by atoms with Gasteiger partial charge >= 0.3 is 5.97 Å². The first kappa shape index (κ1) is 20.7. The molecule has 2 aromatic rings. The number of carbonyl (C=O) groups is 1. The summed E-state index contributed by atoms with van der Waals surface area (Å²) in [5.74, 6) is 1.15. The maximum Gasteiger partial charge on any atom is 0.333 e. The highest BCUT2D eigenvalue weighted by Gasteiger charge is 2.08. The minimum Gasteiger partial charge on any atom is -0.491 e. The summed E-state index contributed by atoms with van der Waals surface area (Å²) >= 11 is 0. The molecule has 0 unspecified atom stereocenters. The van der Waals surface area contributed by atoms with Gasteiger partial charge in [0.25, 0.3) is 0 Å². The van der Waals surface area contributed by atoms with Crippen molar-refractivity contribution in [3.8, 4) is 11.5 Å². The molecule has 0 aliphatic carbocycles. The van der Waals surface area contributed by atoms with E-state index in [9.17, 15) is 4.79 Å². The molecule has 6 heteroatoms. The topological polar surface area (TPSA) is 63.2 Å². The zero-order chi connectivity index (χ0) is 19.5. The number of esters is 1. The van der Waals surface area contributed by atoms with Crippen LogP contribution in [0.25, 0.3) is 10.8 Å². The largest absolute Gasteiger partial charge is 0.491 e. The Hall–Kier alpha value is -2.57. The summed E-state index contributed by atoms with van der Waals surface area (Å²) < 4.78 is 27.0. The predicted molar refractivity (Wildman–Crippen MR) is 103 cm³/mol. The quantitative estimate of drug-likeness (QED) is 0.322. The van der Waals surface area contributed by atoms with E-state index < -0.39 is 5.97 Å². The van der Waals surface area contributed by atoms with E-state index in [4.69, 9.17) is 23.7 Å². The smallest absolute Gasteiger partial charge is 0.333 e. The van der Waals surface area contributed by atoms with E-state index in [-0.39, 0.29) is 6.61 Å². The summed E-state index contributed by atoms with van der Waals surface area (Å²) in [6.07, 6.45) is 0. The molecule has 2 aromatic carbocycles. The Morgan fingerprint density at radius 1 is 0.852 bits per heavy atom. The Morgan fingerprint density at radius 2 is 1.41 bits per heavy atom. The van der Waals surface area contributed by atoms with Crippen LogP contribution in [-0.4, -0.2) is 52.7 Å². The first-order valence-electron chi connectivity index (χ1n) is 8.80. The second-order valence-electron chi connectivity index (χ2n) is 5.83. The molecule has 6 nitrogen and oxygen atoms in total. The molecular weight excluding hydrogens is 348 g/mol. The third-order valence-electron chi connectivity index (χ3n) is 3.68. The fourth-order valence-corrected chi connectivity index (χ4v) is 2.36. The number of methoxy groups -OCH3 is 1. The Morgan fingerprint density at radius 3 is 1.96 bits per heavy atom. The van der Waals surface area contributed by atoms with Gasteiger partial charge in [-0.2, -0.15) is 0 Å². The van der Waals surface area contributed by atoms with Gasteiger partial charge in [-0.15, -0.1) is 0 Å². The van der Waals surface area contributed by atoms with Crippen LogP contribution in [0.15, 0.2) is 48.6 Å². The minimum absolute atomic E-state index is 0.197. The van der Waals surface area contributed by atoms with Crippen molar-refractivity contribution in [1.82, 2.24) is 0 Å². The molecule has 0 spiro atoms. The second kappa shape index (κ2) is 11.2. The monoisotopic (exact) mass is 374 g/mol. The summed E-state index contributed by atoms with van der Waals surface area (Å²) in [7, 11) is 1.64. The zero-order valence-electron chi connectivity index (χ0n) is 15.9. The number of benzene rings is 2. The van der Waals surface area contributed by atoms with Gasteiger partial charge in [-0.1, -0.05) is 30.8 Å². The number of hydrogen-bond donors (Lipinski definition) is 0. The summed E-state index contributed by atoms with van der Waals surface area (Å²) in [5, 5.41) is 1.96. The van der Waals surface area contributed by atoms with E-state index >= 15 is 0 Å². The number of ether oxygens (including phenoxy) is 5. The van der Waals surface area contributed by atoms with Gasteiger partial charge < -0.3 is 23.7 Å². The molecule has 0 saturated carbocycles. The first-order chi connectivity index (χ1) is 13.1. The van der Waals surface area contributed by atoms with E-state index in [1.165, 1.54) is 0 Å².